The van der Waals surface area contributed by atoms with Crippen molar-refractivity contribution in [1.82, 2.24) is 15.5 Å². The van der Waals surface area contributed by atoms with Crippen LogP contribution in [0.15, 0.2) is 30.8 Å². The third-order valence-electron chi connectivity index (χ3n) is 5.56. The second kappa shape index (κ2) is 15.7. The summed E-state index contributed by atoms with van der Waals surface area (Å²) in [6, 6.07) is 5.25. The molecule has 9 nitrogen and oxygen atoms in total. The lowest BCUT2D eigenvalue weighted by Gasteiger charge is -2.34. The number of nitrogens with zero attached hydrogens (tertiary/aromatic N) is 1. The van der Waals surface area contributed by atoms with Crippen molar-refractivity contribution in [3.8, 4) is 0 Å². The summed E-state index contributed by atoms with van der Waals surface area (Å²) in [6.45, 7) is 13.7. The Morgan fingerprint density at radius 2 is 1.81 bits per heavy atom. The zero-order chi connectivity index (χ0) is 28.0. The number of nitrogens with two attached hydrogens (primary N) is 1. The molecule has 1 aromatic carbocycles. The van der Waals surface area contributed by atoms with Crippen molar-refractivity contribution in [3.05, 3.63) is 42.0 Å². The van der Waals surface area contributed by atoms with Crippen molar-refractivity contribution in [2.45, 2.75) is 90.8 Å². The number of carbonyl (C=O) groups excluding carboxylic acids is 4. The molecule has 0 fully saturated rings. The van der Waals surface area contributed by atoms with Gasteiger partial charge in [-0.1, -0.05) is 57.5 Å². The Balaban J connectivity index is 3.48. The molecule has 1 rings (SSSR count). The third kappa shape index (κ3) is 11.5. The van der Waals surface area contributed by atoms with E-state index in [1.54, 1.807) is 32.9 Å². The first-order valence-corrected chi connectivity index (χ1v) is 13.0. The van der Waals surface area contributed by atoms with Crippen LogP contribution in [0.3, 0.4) is 0 Å². The predicted molar refractivity (Wildman–Crippen MR) is 145 cm³/mol. The number of carbonyl (C=O) groups is 4. The maximum absolute atomic E-state index is 14.0. The first-order chi connectivity index (χ1) is 17.4. The average molecular weight is 517 g/mol. The van der Waals surface area contributed by atoms with E-state index < -0.39 is 35.6 Å². The number of ether oxygens (including phenoxy) is 1. The number of benzene rings is 1. The Bertz CT molecular complexity index is 925. The molecule has 0 aromatic heterocycles. The molecule has 0 aliphatic carbocycles. The summed E-state index contributed by atoms with van der Waals surface area (Å²) in [5.74, 6) is -1.40. The maximum atomic E-state index is 14.0. The quantitative estimate of drug-likeness (QED) is 0.302. The normalized spacial score (nSPS) is 12.7. The number of primary amides is 1. The topological polar surface area (TPSA) is 131 Å². The van der Waals surface area contributed by atoms with E-state index in [1.807, 2.05) is 32.0 Å². The number of amides is 4. The van der Waals surface area contributed by atoms with Crippen LogP contribution in [-0.4, -0.2) is 53.4 Å². The third-order valence-corrected chi connectivity index (χ3v) is 5.56. The minimum atomic E-state index is -1.10. The molecule has 4 N–H and O–H groups in total. The minimum absolute atomic E-state index is 0.0209. The molecule has 0 saturated heterocycles. The Morgan fingerprint density at radius 3 is 2.38 bits per heavy atom. The first kappa shape index (κ1) is 31.7. The Hall–Kier alpha value is -3.36. The zero-order valence-electron chi connectivity index (χ0n) is 23.0. The van der Waals surface area contributed by atoms with Gasteiger partial charge >= 0.3 is 6.09 Å². The van der Waals surface area contributed by atoms with Crippen LogP contribution < -0.4 is 16.4 Å². The highest BCUT2D eigenvalue weighted by Gasteiger charge is 2.36. The lowest BCUT2D eigenvalue weighted by Crippen LogP contribution is -2.53. The zero-order valence-corrected chi connectivity index (χ0v) is 23.0. The van der Waals surface area contributed by atoms with Crippen molar-refractivity contribution < 1.29 is 23.9 Å². The lowest BCUT2D eigenvalue weighted by atomic mass is 9.99. The monoisotopic (exact) mass is 516 g/mol. The highest BCUT2D eigenvalue weighted by atomic mass is 16.6. The molecule has 1 aromatic rings. The highest BCUT2D eigenvalue weighted by Crippen LogP contribution is 2.25. The summed E-state index contributed by atoms with van der Waals surface area (Å²) >= 11 is 0. The van der Waals surface area contributed by atoms with Crippen LogP contribution >= 0.6 is 0 Å². The molecule has 0 aliphatic heterocycles. The fourth-order valence-electron chi connectivity index (χ4n) is 3.70. The van der Waals surface area contributed by atoms with Crippen molar-refractivity contribution >= 4 is 29.9 Å². The molecule has 206 valence electrons. The van der Waals surface area contributed by atoms with Crippen molar-refractivity contribution in [2.24, 2.45) is 5.73 Å². The summed E-state index contributed by atoms with van der Waals surface area (Å²) in [5.41, 5.74) is 6.00. The molecular weight excluding hydrogens is 472 g/mol. The molecule has 0 heterocycles. The predicted octanol–water partition coefficient (Wildman–Crippen LogP) is 4.07. The van der Waals surface area contributed by atoms with Crippen LogP contribution in [0.1, 0.15) is 90.3 Å². The van der Waals surface area contributed by atoms with Gasteiger partial charge in [0.15, 0.2) is 0 Å². The van der Waals surface area contributed by atoms with Gasteiger partial charge in [-0.2, -0.15) is 0 Å². The molecule has 2 unspecified atom stereocenters. The van der Waals surface area contributed by atoms with E-state index in [1.165, 1.54) is 4.90 Å². The average Bonchev–Trinajstić information content (AvgIpc) is 2.82. The van der Waals surface area contributed by atoms with Gasteiger partial charge in [-0.15, -0.1) is 0 Å². The van der Waals surface area contributed by atoms with Crippen molar-refractivity contribution in [2.75, 3.05) is 13.1 Å². The van der Waals surface area contributed by atoms with Gasteiger partial charge in [-0.25, -0.2) is 4.79 Å². The van der Waals surface area contributed by atoms with Gasteiger partial charge in [-0.3, -0.25) is 14.4 Å². The number of rotatable bonds is 15. The number of nitrogens with one attached hydrogen (secondary N) is 2. The fraction of sp³-hybridized carbons (Fsp3) is 0.571. The summed E-state index contributed by atoms with van der Waals surface area (Å²) in [4.78, 5) is 53.1. The van der Waals surface area contributed by atoms with Gasteiger partial charge < -0.3 is 26.0 Å². The van der Waals surface area contributed by atoms with Crippen LogP contribution in [-0.2, 0) is 19.1 Å². The Labute approximate surface area is 221 Å². The van der Waals surface area contributed by atoms with Gasteiger partial charge in [0.2, 0.25) is 17.7 Å². The Kier molecular flexibility index (Phi) is 13.4. The van der Waals surface area contributed by atoms with Crippen LogP contribution in [0, 0.1) is 0 Å². The maximum Gasteiger partial charge on any atom is 0.408 e. The second-order valence-electron chi connectivity index (χ2n) is 10.0. The van der Waals surface area contributed by atoms with E-state index in [0.717, 1.165) is 24.8 Å². The molecule has 37 heavy (non-hydrogen) atoms. The van der Waals surface area contributed by atoms with E-state index >= 15 is 0 Å². The molecule has 0 aliphatic rings. The van der Waals surface area contributed by atoms with Crippen LogP contribution in [0.5, 0.6) is 0 Å². The van der Waals surface area contributed by atoms with E-state index in [0.29, 0.717) is 18.5 Å². The largest absolute Gasteiger partial charge is 0.444 e. The molecule has 2 atom stereocenters. The summed E-state index contributed by atoms with van der Waals surface area (Å²) in [6.07, 6.45) is 3.88. The van der Waals surface area contributed by atoms with Crippen LogP contribution in [0.4, 0.5) is 4.79 Å². The number of hydrogen-bond acceptors (Lipinski definition) is 5. The summed E-state index contributed by atoms with van der Waals surface area (Å²) in [5, 5.41) is 5.55. The van der Waals surface area contributed by atoms with Gasteiger partial charge in [0.1, 0.15) is 17.7 Å². The van der Waals surface area contributed by atoms with Crippen LogP contribution in [0.25, 0.3) is 6.08 Å². The second-order valence-corrected chi connectivity index (χ2v) is 10.0. The van der Waals surface area contributed by atoms with Crippen LogP contribution in [0.2, 0.25) is 0 Å². The molecule has 0 spiro atoms. The number of hydrogen-bond donors (Lipinski definition) is 3. The molecule has 0 saturated carbocycles. The number of alkyl carbamates (subject to hydrolysis) is 1. The number of unbranched alkanes of at least 4 members (excludes halogenated alkanes) is 2. The smallest absolute Gasteiger partial charge is 0.408 e. The SMILES string of the molecule is C=Cc1cccc(C(C(=O)NCCCC)N(CCCC)C(=O)C(CCC(N)=O)NC(=O)OC(C)(C)C)c1. The molecule has 4 amide bonds. The van der Waals surface area contributed by atoms with Gasteiger partial charge in [-0.05, 0) is 57.2 Å². The highest BCUT2D eigenvalue weighted by molar-refractivity contribution is 5.92. The van der Waals surface area contributed by atoms with Gasteiger partial charge in [0.25, 0.3) is 0 Å². The lowest BCUT2D eigenvalue weighted by molar-refractivity contribution is -0.142. The van der Waals surface area contributed by atoms with E-state index in [2.05, 4.69) is 17.2 Å². The Morgan fingerprint density at radius 1 is 1.14 bits per heavy atom. The van der Waals surface area contributed by atoms with E-state index in [4.69, 9.17) is 10.5 Å². The standard InChI is InChI=1S/C28H44N4O5/c1-7-10-17-30-25(34)24(21-14-12-13-20(9-3)19-21)32(18-11-8-2)26(35)22(15-16-23(29)33)31-27(36)37-28(4,5)6/h9,12-14,19,22,24H,3,7-8,10-11,15-18H2,1-2,4-6H3,(H2,29,33)(H,30,34)(H,31,36). The van der Waals surface area contributed by atoms with Crippen molar-refractivity contribution in [3.63, 3.8) is 0 Å². The van der Waals surface area contributed by atoms with Crippen molar-refractivity contribution in [1.29, 1.82) is 0 Å². The summed E-state index contributed by atoms with van der Waals surface area (Å²) < 4.78 is 5.35. The van der Waals surface area contributed by atoms with Gasteiger partial charge in [0, 0.05) is 19.5 Å². The van der Waals surface area contributed by atoms with E-state index in [-0.39, 0.29) is 25.3 Å². The first-order valence-electron chi connectivity index (χ1n) is 13.0. The molecular formula is C28H44N4O5. The van der Waals surface area contributed by atoms with Gasteiger partial charge in [0.05, 0.1) is 0 Å². The molecule has 9 heteroatoms. The summed E-state index contributed by atoms with van der Waals surface area (Å²) in [7, 11) is 0. The van der Waals surface area contributed by atoms with E-state index in [9.17, 15) is 19.2 Å². The molecule has 0 radical (unpaired) electrons. The fourth-order valence-corrected chi connectivity index (χ4v) is 3.70. The minimum Gasteiger partial charge on any atom is -0.444 e. The molecule has 0 bridgehead atoms.